The van der Waals surface area contributed by atoms with Gasteiger partial charge in [-0.25, -0.2) is 15.0 Å². The Balaban J connectivity index is 1.20. The molecule has 7 aromatic carbocycles. The third kappa shape index (κ3) is 5.53. The lowest BCUT2D eigenvalue weighted by molar-refractivity contribution is 0.302. The Hall–Kier alpha value is -6.65. The number of para-hydroxylation sites is 1. The van der Waals surface area contributed by atoms with Crippen LogP contribution in [0.3, 0.4) is 0 Å². The third-order valence-electron chi connectivity index (χ3n) is 9.26. The Morgan fingerprint density at radius 3 is 1.64 bits per heavy atom. The minimum Gasteiger partial charge on any atom is -0.488 e. The number of hydrogen-bond acceptors (Lipinski definition) is 4. The van der Waals surface area contributed by atoms with Crippen LogP contribution in [-0.2, 0) is 6.61 Å². The number of rotatable bonds is 6. The lowest BCUT2D eigenvalue weighted by atomic mass is 9.88. The van der Waals surface area contributed by atoms with Crippen molar-refractivity contribution in [1.29, 1.82) is 0 Å². The Bertz CT molecular complexity index is 2470. The average molecular weight is 642 g/mol. The van der Waals surface area contributed by atoms with Gasteiger partial charge in [0.15, 0.2) is 17.5 Å². The quantitative estimate of drug-likeness (QED) is 0.181. The fraction of sp³-hybridized carbons (Fsp3) is 0.0217. The summed E-state index contributed by atoms with van der Waals surface area (Å²) >= 11 is 0. The Morgan fingerprint density at radius 2 is 0.860 bits per heavy atom. The molecule has 8 aromatic rings. The van der Waals surface area contributed by atoms with Crippen LogP contribution in [-0.4, -0.2) is 15.0 Å². The van der Waals surface area contributed by atoms with E-state index in [-0.39, 0.29) is 0 Å². The maximum Gasteiger partial charge on any atom is 0.164 e. The molecule has 0 aliphatic carbocycles. The molecule has 0 bridgehead atoms. The van der Waals surface area contributed by atoms with Gasteiger partial charge in [0.2, 0.25) is 0 Å². The van der Waals surface area contributed by atoms with Crippen molar-refractivity contribution < 1.29 is 4.74 Å². The fourth-order valence-electron chi connectivity index (χ4n) is 6.80. The molecule has 4 nitrogen and oxygen atoms in total. The van der Waals surface area contributed by atoms with E-state index in [1.165, 1.54) is 16.7 Å². The molecule has 1 aromatic heterocycles. The van der Waals surface area contributed by atoms with Crippen LogP contribution < -0.4 is 4.74 Å². The van der Waals surface area contributed by atoms with E-state index < -0.39 is 0 Å². The molecule has 50 heavy (non-hydrogen) atoms. The molecule has 0 radical (unpaired) electrons. The second-order valence-corrected chi connectivity index (χ2v) is 12.4. The lowest BCUT2D eigenvalue weighted by Gasteiger charge is -2.23. The van der Waals surface area contributed by atoms with Crippen molar-refractivity contribution in [3.8, 4) is 84.4 Å². The van der Waals surface area contributed by atoms with E-state index in [1.54, 1.807) is 0 Å². The minimum absolute atomic E-state index is 0.546. The SMILES string of the molecule is c1ccc(-c2ccc(-c3nc(-c4cccc(-c5cccc6c5-c5ccccc5OC6)c4)nc(-c4ccccc4-c4ccccc4)n3)cc2)cc1. The summed E-state index contributed by atoms with van der Waals surface area (Å²) in [5.41, 5.74) is 13.0. The molecular weight excluding hydrogens is 611 g/mol. The van der Waals surface area contributed by atoms with Crippen LogP contribution in [0.4, 0.5) is 0 Å². The normalized spacial score (nSPS) is 11.7. The van der Waals surface area contributed by atoms with Crippen LogP contribution in [0.25, 0.3) is 78.7 Å². The maximum atomic E-state index is 6.09. The highest BCUT2D eigenvalue weighted by Gasteiger charge is 2.21. The van der Waals surface area contributed by atoms with E-state index in [0.717, 1.165) is 55.8 Å². The van der Waals surface area contributed by atoms with Gasteiger partial charge in [-0.15, -0.1) is 0 Å². The summed E-state index contributed by atoms with van der Waals surface area (Å²) in [7, 11) is 0. The zero-order valence-electron chi connectivity index (χ0n) is 27.2. The molecule has 0 saturated heterocycles. The molecule has 0 saturated carbocycles. The molecule has 0 atom stereocenters. The molecule has 0 fully saturated rings. The molecule has 236 valence electrons. The fourth-order valence-corrected chi connectivity index (χ4v) is 6.80. The van der Waals surface area contributed by atoms with Gasteiger partial charge in [0, 0.05) is 22.3 Å². The van der Waals surface area contributed by atoms with Gasteiger partial charge in [0.05, 0.1) is 0 Å². The van der Waals surface area contributed by atoms with Gasteiger partial charge in [-0.2, -0.15) is 0 Å². The average Bonchev–Trinajstić information content (AvgIpc) is 3.21. The van der Waals surface area contributed by atoms with E-state index in [0.29, 0.717) is 24.1 Å². The van der Waals surface area contributed by atoms with Gasteiger partial charge in [-0.1, -0.05) is 164 Å². The van der Waals surface area contributed by atoms with Crippen molar-refractivity contribution in [3.63, 3.8) is 0 Å². The van der Waals surface area contributed by atoms with E-state index in [1.807, 2.05) is 30.3 Å². The van der Waals surface area contributed by atoms with Gasteiger partial charge in [0.25, 0.3) is 0 Å². The second-order valence-electron chi connectivity index (χ2n) is 12.4. The molecule has 1 aliphatic rings. The molecular formula is C46H31N3O. The number of aromatic nitrogens is 3. The summed E-state index contributed by atoms with van der Waals surface area (Å²) in [4.78, 5) is 15.4. The highest BCUT2D eigenvalue weighted by atomic mass is 16.5. The van der Waals surface area contributed by atoms with E-state index >= 15 is 0 Å². The molecule has 1 aliphatic heterocycles. The summed E-state index contributed by atoms with van der Waals surface area (Å²) in [5.74, 6) is 2.78. The first-order valence-electron chi connectivity index (χ1n) is 16.8. The summed E-state index contributed by atoms with van der Waals surface area (Å²) in [6.45, 7) is 0.546. The van der Waals surface area contributed by atoms with Gasteiger partial charge in [0.1, 0.15) is 12.4 Å². The molecule has 0 N–H and O–H groups in total. The van der Waals surface area contributed by atoms with Crippen LogP contribution in [0.15, 0.2) is 176 Å². The molecule has 4 heteroatoms. The van der Waals surface area contributed by atoms with Crippen LogP contribution >= 0.6 is 0 Å². The maximum absolute atomic E-state index is 6.09. The van der Waals surface area contributed by atoms with Crippen LogP contribution in [0.1, 0.15) is 5.56 Å². The summed E-state index contributed by atoms with van der Waals surface area (Å²) in [6, 6.07) is 60.8. The third-order valence-corrected chi connectivity index (χ3v) is 9.26. The first-order valence-corrected chi connectivity index (χ1v) is 16.8. The van der Waals surface area contributed by atoms with Crippen LogP contribution in [0, 0.1) is 0 Å². The van der Waals surface area contributed by atoms with Gasteiger partial charge < -0.3 is 4.74 Å². The Labute approximate surface area is 291 Å². The van der Waals surface area contributed by atoms with E-state index in [9.17, 15) is 0 Å². The molecule has 0 unspecified atom stereocenters. The zero-order chi connectivity index (χ0) is 33.3. The summed E-state index contributed by atoms with van der Waals surface area (Å²) in [6.07, 6.45) is 0. The monoisotopic (exact) mass is 641 g/mol. The number of hydrogen-bond donors (Lipinski definition) is 0. The summed E-state index contributed by atoms with van der Waals surface area (Å²) in [5, 5.41) is 0. The molecule has 0 spiro atoms. The van der Waals surface area contributed by atoms with E-state index in [2.05, 4.69) is 146 Å². The van der Waals surface area contributed by atoms with Crippen LogP contribution in [0.5, 0.6) is 5.75 Å². The van der Waals surface area contributed by atoms with Crippen molar-refractivity contribution in [2.45, 2.75) is 6.61 Å². The van der Waals surface area contributed by atoms with Gasteiger partial charge >= 0.3 is 0 Å². The first kappa shape index (κ1) is 29.5. The van der Waals surface area contributed by atoms with Gasteiger partial charge in [-0.05, 0) is 56.6 Å². The van der Waals surface area contributed by atoms with E-state index in [4.69, 9.17) is 19.7 Å². The van der Waals surface area contributed by atoms with Crippen molar-refractivity contribution in [1.82, 2.24) is 15.0 Å². The standard InChI is InChI=1S/C46H31N3O/c1-3-13-31(14-4-1)32-25-27-34(28-26-32)44-47-45(49-46(48-44)40-21-8-7-20-38(40)33-15-5-2-6-16-33)36-18-11-17-35(29-36)39-23-12-19-37-30-50-42-24-10-9-22-41(42)43(37)39/h1-29H,30H2. The lowest BCUT2D eigenvalue weighted by Crippen LogP contribution is -2.06. The largest absolute Gasteiger partial charge is 0.488 e. The van der Waals surface area contributed by atoms with Crippen molar-refractivity contribution in [3.05, 3.63) is 181 Å². The van der Waals surface area contributed by atoms with Crippen molar-refractivity contribution in [2.75, 3.05) is 0 Å². The number of nitrogens with zero attached hydrogens (tertiary/aromatic N) is 3. The predicted octanol–water partition coefficient (Wildman–Crippen LogP) is 11.4. The number of fused-ring (bicyclic) bond motifs is 3. The Morgan fingerprint density at radius 1 is 0.340 bits per heavy atom. The minimum atomic E-state index is 0.546. The predicted molar refractivity (Wildman–Crippen MR) is 202 cm³/mol. The topological polar surface area (TPSA) is 47.9 Å². The van der Waals surface area contributed by atoms with Gasteiger partial charge in [-0.3, -0.25) is 0 Å². The highest BCUT2D eigenvalue weighted by molar-refractivity contribution is 5.90. The molecule has 0 amide bonds. The summed E-state index contributed by atoms with van der Waals surface area (Å²) < 4.78 is 6.09. The number of ether oxygens (including phenoxy) is 1. The smallest absolute Gasteiger partial charge is 0.164 e. The molecule has 9 rings (SSSR count). The Kier molecular flexibility index (Phi) is 7.52. The number of benzene rings is 7. The van der Waals surface area contributed by atoms with Crippen molar-refractivity contribution in [2.24, 2.45) is 0 Å². The first-order chi connectivity index (χ1) is 24.8. The second kappa shape index (κ2) is 12.8. The highest BCUT2D eigenvalue weighted by Crippen LogP contribution is 2.43. The van der Waals surface area contributed by atoms with Crippen LogP contribution in [0.2, 0.25) is 0 Å². The van der Waals surface area contributed by atoms with Crippen molar-refractivity contribution >= 4 is 0 Å². The molecule has 2 heterocycles. The zero-order valence-corrected chi connectivity index (χ0v) is 27.2.